The van der Waals surface area contributed by atoms with Gasteiger partial charge in [-0.2, -0.15) is 0 Å². The van der Waals surface area contributed by atoms with Gasteiger partial charge in [0.25, 0.3) is 0 Å². The maximum atomic E-state index is 13.9. The van der Waals surface area contributed by atoms with Crippen molar-refractivity contribution in [3.05, 3.63) is 35.6 Å². The summed E-state index contributed by atoms with van der Waals surface area (Å²) in [6.45, 7) is 9.92. The number of rotatable bonds is 6. The van der Waals surface area contributed by atoms with Gasteiger partial charge in [-0.1, -0.05) is 25.1 Å². The molecule has 1 atom stereocenters. The highest BCUT2D eigenvalue weighted by molar-refractivity contribution is 5.19. The SMILES string of the molecule is CCNC(Cc1ccccc1F)C(C)(C)N1CCCC1. The number of likely N-dealkylation sites (tertiary alicyclic amines) is 1. The van der Waals surface area contributed by atoms with Crippen molar-refractivity contribution in [2.75, 3.05) is 19.6 Å². The topological polar surface area (TPSA) is 15.3 Å². The zero-order valence-corrected chi connectivity index (χ0v) is 13.0. The Morgan fingerprint density at radius 3 is 2.50 bits per heavy atom. The fourth-order valence-corrected chi connectivity index (χ4v) is 3.22. The highest BCUT2D eigenvalue weighted by Crippen LogP contribution is 2.26. The van der Waals surface area contributed by atoms with E-state index in [1.54, 1.807) is 12.1 Å². The molecular formula is C17H27FN2. The van der Waals surface area contributed by atoms with Crippen molar-refractivity contribution in [3.63, 3.8) is 0 Å². The minimum Gasteiger partial charge on any atom is -0.312 e. The van der Waals surface area contributed by atoms with Gasteiger partial charge in [0, 0.05) is 11.6 Å². The van der Waals surface area contributed by atoms with Crippen LogP contribution in [0.3, 0.4) is 0 Å². The fraction of sp³-hybridized carbons (Fsp3) is 0.647. The van der Waals surface area contributed by atoms with Crippen molar-refractivity contribution < 1.29 is 4.39 Å². The van der Waals surface area contributed by atoms with Gasteiger partial charge in [0.05, 0.1) is 0 Å². The minimum atomic E-state index is -0.0902. The summed E-state index contributed by atoms with van der Waals surface area (Å²) in [6.07, 6.45) is 3.30. The van der Waals surface area contributed by atoms with Crippen LogP contribution in [0.2, 0.25) is 0 Å². The molecule has 1 aromatic rings. The first-order chi connectivity index (χ1) is 9.55. The van der Waals surface area contributed by atoms with Crippen LogP contribution in [0, 0.1) is 5.82 Å². The van der Waals surface area contributed by atoms with Crippen molar-refractivity contribution in [3.8, 4) is 0 Å². The summed E-state index contributed by atoms with van der Waals surface area (Å²) < 4.78 is 13.9. The maximum absolute atomic E-state index is 13.9. The number of likely N-dealkylation sites (N-methyl/N-ethyl adjacent to an activating group) is 1. The number of benzene rings is 1. The lowest BCUT2D eigenvalue weighted by Crippen LogP contribution is -2.57. The van der Waals surface area contributed by atoms with Crippen LogP contribution in [0.5, 0.6) is 0 Å². The van der Waals surface area contributed by atoms with Gasteiger partial charge in [-0.25, -0.2) is 4.39 Å². The molecule has 0 radical (unpaired) electrons. The first-order valence-electron chi connectivity index (χ1n) is 7.77. The van der Waals surface area contributed by atoms with Crippen LogP contribution in [0.1, 0.15) is 39.2 Å². The maximum Gasteiger partial charge on any atom is 0.126 e. The van der Waals surface area contributed by atoms with Gasteiger partial charge < -0.3 is 5.32 Å². The molecule has 0 amide bonds. The first kappa shape index (κ1) is 15.5. The molecule has 0 aliphatic carbocycles. The van der Waals surface area contributed by atoms with Crippen molar-refractivity contribution in [1.82, 2.24) is 10.2 Å². The molecule has 1 unspecified atom stereocenters. The summed E-state index contributed by atoms with van der Waals surface area (Å²) in [5, 5.41) is 3.57. The molecule has 112 valence electrons. The van der Waals surface area contributed by atoms with Gasteiger partial charge in [-0.3, -0.25) is 4.90 Å². The summed E-state index contributed by atoms with van der Waals surface area (Å²) in [5.74, 6) is -0.0902. The Hall–Kier alpha value is -0.930. The number of hydrogen-bond acceptors (Lipinski definition) is 2. The normalized spacial score (nSPS) is 18.4. The average molecular weight is 278 g/mol. The second kappa shape index (κ2) is 6.68. The van der Waals surface area contributed by atoms with Gasteiger partial charge in [-0.05, 0) is 64.4 Å². The van der Waals surface area contributed by atoms with E-state index in [1.165, 1.54) is 12.8 Å². The first-order valence-corrected chi connectivity index (χ1v) is 7.77. The van der Waals surface area contributed by atoms with E-state index in [-0.39, 0.29) is 17.4 Å². The van der Waals surface area contributed by atoms with Crippen LogP contribution in [-0.4, -0.2) is 36.1 Å². The molecule has 1 aromatic carbocycles. The molecule has 1 fully saturated rings. The highest BCUT2D eigenvalue weighted by atomic mass is 19.1. The summed E-state index contributed by atoms with van der Waals surface area (Å²) in [5.41, 5.74) is 0.861. The molecule has 1 heterocycles. The zero-order valence-electron chi connectivity index (χ0n) is 13.0. The van der Waals surface area contributed by atoms with Gasteiger partial charge in [-0.15, -0.1) is 0 Å². The quantitative estimate of drug-likeness (QED) is 0.859. The van der Waals surface area contributed by atoms with E-state index in [2.05, 4.69) is 31.0 Å². The summed E-state index contributed by atoms with van der Waals surface area (Å²) >= 11 is 0. The molecule has 0 saturated carbocycles. The number of nitrogens with zero attached hydrogens (tertiary/aromatic N) is 1. The largest absolute Gasteiger partial charge is 0.312 e. The third kappa shape index (κ3) is 3.39. The van der Waals surface area contributed by atoms with Crippen LogP contribution >= 0.6 is 0 Å². The van der Waals surface area contributed by atoms with Crippen LogP contribution in [-0.2, 0) is 6.42 Å². The smallest absolute Gasteiger partial charge is 0.126 e. The van der Waals surface area contributed by atoms with Crippen molar-refractivity contribution >= 4 is 0 Å². The molecule has 2 rings (SSSR count). The van der Waals surface area contributed by atoms with Crippen LogP contribution < -0.4 is 5.32 Å². The molecule has 1 N–H and O–H groups in total. The predicted molar refractivity (Wildman–Crippen MR) is 82.5 cm³/mol. The minimum absolute atomic E-state index is 0.0504. The van der Waals surface area contributed by atoms with E-state index < -0.39 is 0 Å². The Labute approximate surface area is 122 Å². The van der Waals surface area contributed by atoms with Crippen molar-refractivity contribution in [2.24, 2.45) is 0 Å². The van der Waals surface area contributed by atoms with E-state index >= 15 is 0 Å². The van der Waals surface area contributed by atoms with Crippen molar-refractivity contribution in [1.29, 1.82) is 0 Å². The Kier molecular flexibility index (Phi) is 5.17. The fourth-order valence-electron chi connectivity index (χ4n) is 3.22. The third-order valence-corrected chi connectivity index (χ3v) is 4.61. The van der Waals surface area contributed by atoms with E-state index in [0.717, 1.165) is 31.6 Å². The molecule has 1 aliphatic heterocycles. The van der Waals surface area contributed by atoms with Gasteiger partial charge >= 0.3 is 0 Å². The van der Waals surface area contributed by atoms with Gasteiger partial charge in [0.2, 0.25) is 0 Å². The Bertz CT molecular complexity index is 425. The lowest BCUT2D eigenvalue weighted by molar-refractivity contribution is 0.107. The zero-order chi connectivity index (χ0) is 14.6. The lowest BCUT2D eigenvalue weighted by Gasteiger charge is -2.42. The third-order valence-electron chi connectivity index (χ3n) is 4.61. The Balaban J connectivity index is 2.15. The van der Waals surface area contributed by atoms with Crippen molar-refractivity contribution in [2.45, 2.75) is 51.6 Å². The van der Waals surface area contributed by atoms with E-state index in [0.29, 0.717) is 0 Å². The summed E-state index contributed by atoms with van der Waals surface area (Å²) in [7, 11) is 0. The second-order valence-corrected chi connectivity index (χ2v) is 6.25. The van der Waals surface area contributed by atoms with Gasteiger partial charge in [0.1, 0.15) is 5.82 Å². The van der Waals surface area contributed by atoms with E-state index in [1.807, 2.05) is 12.1 Å². The predicted octanol–water partition coefficient (Wildman–Crippen LogP) is 3.22. The monoisotopic (exact) mass is 278 g/mol. The van der Waals surface area contributed by atoms with Crippen LogP contribution in [0.25, 0.3) is 0 Å². The molecule has 1 aliphatic rings. The van der Waals surface area contributed by atoms with Crippen LogP contribution in [0.15, 0.2) is 24.3 Å². The number of halogens is 1. The molecule has 2 nitrogen and oxygen atoms in total. The molecule has 20 heavy (non-hydrogen) atoms. The van der Waals surface area contributed by atoms with Gasteiger partial charge in [0.15, 0.2) is 0 Å². The molecule has 0 aromatic heterocycles. The molecular weight excluding hydrogens is 251 g/mol. The highest BCUT2D eigenvalue weighted by Gasteiger charge is 2.36. The molecule has 0 bridgehead atoms. The Morgan fingerprint density at radius 2 is 1.90 bits per heavy atom. The van der Waals surface area contributed by atoms with E-state index in [9.17, 15) is 4.39 Å². The number of nitrogens with one attached hydrogen (secondary N) is 1. The van der Waals surface area contributed by atoms with Crippen LogP contribution in [0.4, 0.5) is 4.39 Å². The lowest BCUT2D eigenvalue weighted by atomic mass is 9.87. The molecule has 1 saturated heterocycles. The number of hydrogen-bond donors (Lipinski definition) is 1. The summed E-state index contributed by atoms with van der Waals surface area (Å²) in [6, 6.07) is 7.40. The molecule has 0 spiro atoms. The standard InChI is InChI=1S/C17H27FN2/c1-4-19-16(13-14-9-5-6-10-15(14)18)17(2,3)20-11-7-8-12-20/h5-6,9-10,16,19H,4,7-8,11-13H2,1-3H3. The van der Waals surface area contributed by atoms with E-state index in [4.69, 9.17) is 0 Å². The Morgan fingerprint density at radius 1 is 1.25 bits per heavy atom. The molecule has 3 heteroatoms. The second-order valence-electron chi connectivity index (χ2n) is 6.25. The average Bonchev–Trinajstić information content (AvgIpc) is 2.95. The summed E-state index contributed by atoms with van der Waals surface area (Å²) in [4.78, 5) is 2.54.